The Kier molecular flexibility index (Phi) is 4.08. The van der Waals surface area contributed by atoms with Gasteiger partial charge in [-0.1, -0.05) is 19.1 Å². The summed E-state index contributed by atoms with van der Waals surface area (Å²) in [5, 5.41) is 9.11. The fourth-order valence-corrected chi connectivity index (χ4v) is 3.85. The van der Waals surface area contributed by atoms with Crippen molar-refractivity contribution in [1.82, 2.24) is 4.98 Å². The first kappa shape index (κ1) is 13.2. The molecule has 18 heavy (non-hydrogen) atoms. The highest BCUT2D eigenvalue weighted by Gasteiger charge is 2.17. The number of fused-ring (bicyclic) bond motifs is 1. The molecule has 1 aromatic heterocycles. The number of rotatable bonds is 5. The Morgan fingerprint density at radius 1 is 1.50 bits per heavy atom. The summed E-state index contributed by atoms with van der Waals surface area (Å²) in [6.07, 6.45) is -0.0719. The molecule has 2 atom stereocenters. The molecule has 0 aliphatic rings. The van der Waals surface area contributed by atoms with E-state index in [1.54, 1.807) is 6.92 Å². The van der Waals surface area contributed by atoms with Crippen molar-refractivity contribution < 1.29 is 14.1 Å². The van der Waals surface area contributed by atoms with Crippen molar-refractivity contribution in [3.05, 3.63) is 29.3 Å². The van der Waals surface area contributed by atoms with Crippen LogP contribution in [0.2, 0.25) is 0 Å². The van der Waals surface area contributed by atoms with Gasteiger partial charge in [-0.2, -0.15) is 0 Å². The van der Waals surface area contributed by atoms with Crippen LogP contribution in [0.15, 0.2) is 24.3 Å². The number of hydrogen-bond donors (Lipinski definition) is 1. The van der Waals surface area contributed by atoms with Gasteiger partial charge in [0.2, 0.25) is 0 Å². The van der Waals surface area contributed by atoms with Crippen LogP contribution in [0.3, 0.4) is 0 Å². The second kappa shape index (κ2) is 5.58. The van der Waals surface area contributed by atoms with Gasteiger partial charge < -0.3 is 5.11 Å². The van der Waals surface area contributed by atoms with Crippen LogP contribution in [0.4, 0.5) is 0 Å². The van der Waals surface area contributed by atoms with E-state index in [2.05, 4.69) is 4.98 Å². The fourth-order valence-electron chi connectivity index (χ4n) is 1.58. The zero-order chi connectivity index (χ0) is 13.1. The minimum atomic E-state index is -1.20. The van der Waals surface area contributed by atoms with Crippen molar-refractivity contribution in [2.45, 2.75) is 24.3 Å². The van der Waals surface area contributed by atoms with E-state index in [0.717, 1.165) is 15.2 Å². The summed E-state index contributed by atoms with van der Waals surface area (Å²) < 4.78 is 13.0. The minimum absolute atomic E-state index is 0.0719. The van der Waals surface area contributed by atoms with E-state index >= 15 is 0 Å². The molecule has 1 N–H and O–H groups in total. The largest absolute Gasteiger partial charge is 0.481 e. The molecule has 0 saturated heterocycles. The number of benzene rings is 1. The minimum Gasteiger partial charge on any atom is -0.481 e. The standard InChI is InChI=1S/C12H13NO3S2/c1-8(6-12(14)15)18(16)7-11-13-9-4-2-3-5-10(9)17-11/h2-5,8H,6-7H2,1H3,(H,14,15). The molecule has 1 heterocycles. The zero-order valence-corrected chi connectivity index (χ0v) is 11.5. The first-order chi connectivity index (χ1) is 8.56. The van der Waals surface area contributed by atoms with Crippen LogP contribution in [0.25, 0.3) is 10.2 Å². The summed E-state index contributed by atoms with van der Waals surface area (Å²) in [5.41, 5.74) is 0.903. The fraction of sp³-hybridized carbons (Fsp3) is 0.333. The zero-order valence-electron chi connectivity index (χ0n) is 9.83. The molecule has 2 rings (SSSR count). The molecule has 0 spiro atoms. The average Bonchev–Trinajstić information content (AvgIpc) is 2.69. The van der Waals surface area contributed by atoms with Gasteiger partial charge in [-0.05, 0) is 12.1 Å². The number of thiazole rings is 1. The van der Waals surface area contributed by atoms with E-state index in [1.165, 1.54) is 11.3 Å². The van der Waals surface area contributed by atoms with Gasteiger partial charge >= 0.3 is 5.97 Å². The topological polar surface area (TPSA) is 67.3 Å². The first-order valence-corrected chi connectivity index (χ1v) is 7.69. The predicted molar refractivity (Wildman–Crippen MR) is 73.2 cm³/mol. The summed E-state index contributed by atoms with van der Waals surface area (Å²) in [6, 6.07) is 7.74. The van der Waals surface area contributed by atoms with Crippen molar-refractivity contribution in [1.29, 1.82) is 0 Å². The maximum Gasteiger partial charge on any atom is 0.304 e. The third-order valence-electron chi connectivity index (χ3n) is 2.51. The van der Waals surface area contributed by atoms with Gasteiger partial charge in [0, 0.05) is 16.0 Å². The summed E-state index contributed by atoms with van der Waals surface area (Å²) in [5.74, 6) is -0.589. The van der Waals surface area contributed by atoms with E-state index < -0.39 is 16.8 Å². The van der Waals surface area contributed by atoms with E-state index in [-0.39, 0.29) is 11.7 Å². The highest BCUT2D eigenvalue weighted by molar-refractivity contribution is 7.85. The van der Waals surface area contributed by atoms with Crippen LogP contribution in [-0.4, -0.2) is 25.5 Å². The molecule has 4 nitrogen and oxygen atoms in total. The van der Waals surface area contributed by atoms with Crippen molar-refractivity contribution in [3.8, 4) is 0 Å². The second-order valence-corrected chi connectivity index (χ2v) is 6.98. The van der Waals surface area contributed by atoms with Crippen LogP contribution in [0, 0.1) is 0 Å². The molecular formula is C12H13NO3S2. The van der Waals surface area contributed by atoms with Gasteiger partial charge in [-0.25, -0.2) is 4.98 Å². The lowest BCUT2D eigenvalue weighted by atomic mass is 10.3. The molecule has 0 amide bonds. The van der Waals surface area contributed by atoms with Gasteiger partial charge in [-0.3, -0.25) is 9.00 Å². The summed E-state index contributed by atoms with van der Waals surface area (Å²) in [7, 11) is -1.20. The molecule has 1 aromatic carbocycles. The molecule has 2 unspecified atom stereocenters. The van der Waals surface area contributed by atoms with E-state index in [1.807, 2.05) is 24.3 Å². The maximum atomic E-state index is 11.9. The number of carbonyl (C=O) groups is 1. The van der Waals surface area contributed by atoms with Crippen LogP contribution in [0.1, 0.15) is 18.4 Å². The molecule has 0 fully saturated rings. The third kappa shape index (κ3) is 3.14. The SMILES string of the molecule is CC(CC(=O)O)S(=O)Cc1nc2ccccc2s1. The molecule has 0 radical (unpaired) electrons. The highest BCUT2D eigenvalue weighted by atomic mass is 32.2. The Bertz CT molecular complexity index is 561. The quantitative estimate of drug-likeness (QED) is 0.915. The van der Waals surface area contributed by atoms with Gasteiger partial charge in [0.05, 0.1) is 22.4 Å². The van der Waals surface area contributed by atoms with Crippen LogP contribution < -0.4 is 0 Å². The van der Waals surface area contributed by atoms with Gasteiger partial charge in [0.15, 0.2) is 0 Å². The van der Waals surface area contributed by atoms with Crippen molar-refractivity contribution in [2.24, 2.45) is 0 Å². The lowest BCUT2D eigenvalue weighted by molar-refractivity contribution is -0.136. The summed E-state index contributed by atoms with van der Waals surface area (Å²) in [6.45, 7) is 1.69. The van der Waals surface area contributed by atoms with E-state index in [9.17, 15) is 9.00 Å². The van der Waals surface area contributed by atoms with E-state index in [4.69, 9.17) is 5.11 Å². The van der Waals surface area contributed by atoms with Gasteiger partial charge in [0.1, 0.15) is 5.01 Å². The van der Waals surface area contributed by atoms with Crippen LogP contribution in [-0.2, 0) is 21.3 Å². The lowest BCUT2D eigenvalue weighted by Gasteiger charge is -2.06. The van der Waals surface area contributed by atoms with E-state index in [0.29, 0.717) is 5.75 Å². The molecule has 0 bridgehead atoms. The Morgan fingerprint density at radius 2 is 2.22 bits per heavy atom. The van der Waals surface area contributed by atoms with Gasteiger partial charge in [0.25, 0.3) is 0 Å². The number of para-hydroxylation sites is 1. The molecular weight excluding hydrogens is 270 g/mol. The predicted octanol–water partition coefficient (Wildman–Crippen LogP) is 2.41. The van der Waals surface area contributed by atoms with Crippen molar-refractivity contribution in [2.75, 3.05) is 0 Å². The number of aromatic nitrogens is 1. The average molecular weight is 283 g/mol. The van der Waals surface area contributed by atoms with Crippen LogP contribution in [0.5, 0.6) is 0 Å². The first-order valence-electron chi connectivity index (χ1n) is 5.49. The molecule has 2 aromatic rings. The van der Waals surface area contributed by atoms with Crippen LogP contribution >= 0.6 is 11.3 Å². The third-order valence-corrected chi connectivity index (χ3v) is 5.36. The Balaban J connectivity index is 2.09. The molecule has 96 valence electrons. The molecule has 6 heteroatoms. The van der Waals surface area contributed by atoms with Gasteiger partial charge in [-0.15, -0.1) is 11.3 Å². The van der Waals surface area contributed by atoms with Crippen molar-refractivity contribution >= 4 is 38.3 Å². The monoisotopic (exact) mass is 283 g/mol. The number of carboxylic acid groups (broad SMARTS) is 1. The second-order valence-electron chi connectivity index (χ2n) is 4.01. The summed E-state index contributed by atoms with van der Waals surface area (Å²) in [4.78, 5) is 15.0. The smallest absolute Gasteiger partial charge is 0.304 e. The normalized spacial score (nSPS) is 14.5. The lowest BCUT2D eigenvalue weighted by Crippen LogP contribution is -2.16. The maximum absolute atomic E-state index is 11.9. The summed E-state index contributed by atoms with van der Waals surface area (Å²) >= 11 is 1.51. The molecule has 0 aliphatic carbocycles. The Morgan fingerprint density at radius 3 is 2.89 bits per heavy atom. The molecule has 0 saturated carbocycles. The highest BCUT2D eigenvalue weighted by Crippen LogP contribution is 2.23. The number of hydrogen-bond acceptors (Lipinski definition) is 4. The molecule has 0 aliphatic heterocycles. The number of aliphatic carboxylic acids is 1. The Labute approximate surface area is 111 Å². The van der Waals surface area contributed by atoms with Crippen molar-refractivity contribution in [3.63, 3.8) is 0 Å². The Hall–Kier alpha value is -1.27. The number of nitrogens with zero attached hydrogens (tertiary/aromatic N) is 1. The number of carboxylic acids is 1.